The van der Waals surface area contributed by atoms with Gasteiger partial charge in [0.05, 0.1) is 22.1 Å². The number of hydrogen-bond acceptors (Lipinski definition) is 5. The molecule has 2 aromatic rings. The number of nitrogens with zero attached hydrogens (tertiary/aromatic N) is 1. The second-order valence-corrected chi connectivity index (χ2v) is 7.84. The Hall–Kier alpha value is -1.48. The van der Waals surface area contributed by atoms with Crippen LogP contribution in [0.4, 0.5) is 0 Å². The number of carboxylic acid groups (broad SMARTS) is 1. The lowest BCUT2D eigenvalue weighted by Crippen LogP contribution is -2.23. The SMILES string of the molecule is Cc1cc(S(=O)(=O)NCc2cc(C(=O)O)ccn2)sc1Cl. The van der Waals surface area contributed by atoms with Crippen LogP contribution in [-0.4, -0.2) is 24.5 Å². The molecule has 0 saturated heterocycles. The Morgan fingerprint density at radius 3 is 2.76 bits per heavy atom. The number of thiophene rings is 1. The predicted molar refractivity (Wildman–Crippen MR) is 79.3 cm³/mol. The zero-order chi connectivity index (χ0) is 15.6. The van der Waals surface area contributed by atoms with Gasteiger partial charge in [0.15, 0.2) is 0 Å². The molecule has 0 saturated carbocycles. The Balaban J connectivity index is 2.15. The van der Waals surface area contributed by atoms with Crippen molar-refractivity contribution in [3.05, 3.63) is 45.6 Å². The third kappa shape index (κ3) is 3.79. The molecule has 6 nitrogen and oxygen atoms in total. The molecular formula is C12H11ClN2O4S2. The summed E-state index contributed by atoms with van der Waals surface area (Å²) in [4.78, 5) is 14.8. The van der Waals surface area contributed by atoms with E-state index >= 15 is 0 Å². The molecule has 0 radical (unpaired) electrons. The van der Waals surface area contributed by atoms with E-state index in [1.165, 1.54) is 24.4 Å². The zero-order valence-corrected chi connectivity index (χ0v) is 13.2. The molecule has 0 amide bonds. The smallest absolute Gasteiger partial charge is 0.335 e. The lowest BCUT2D eigenvalue weighted by atomic mass is 10.2. The summed E-state index contributed by atoms with van der Waals surface area (Å²) in [5.41, 5.74) is 1.06. The number of aromatic carboxylic acids is 1. The van der Waals surface area contributed by atoms with Crippen LogP contribution in [-0.2, 0) is 16.6 Å². The molecule has 0 spiro atoms. The molecule has 0 aliphatic heterocycles. The van der Waals surface area contributed by atoms with Crippen LogP contribution < -0.4 is 4.72 Å². The summed E-state index contributed by atoms with van der Waals surface area (Å²) in [5.74, 6) is -1.10. The maximum absolute atomic E-state index is 12.1. The Morgan fingerprint density at radius 2 is 2.19 bits per heavy atom. The molecule has 0 atom stereocenters. The van der Waals surface area contributed by atoms with Crippen molar-refractivity contribution in [2.45, 2.75) is 17.7 Å². The summed E-state index contributed by atoms with van der Waals surface area (Å²) >= 11 is 6.82. The highest BCUT2D eigenvalue weighted by Crippen LogP contribution is 2.29. The largest absolute Gasteiger partial charge is 0.478 e. The fourth-order valence-corrected chi connectivity index (χ4v) is 4.26. The molecule has 0 aromatic carbocycles. The number of aromatic nitrogens is 1. The zero-order valence-electron chi connectivity index (χ0n) is 10.8. The van der Waals surface area contributed by atoms with Gasteiger partial charge in [-0.25, -0.2) is 17.9 Å². The number of carbonyl (C=O) groups is 1. The van der Waals surface area contributed by atoms with E-state index in [4.69, 9.17) is 16.7 Å². The predicted octanol–water partition coefficient (Wildman–Crippen LogP) is 2.28. The Labute approximate surface area is 130 Å². The number of pyridine rings is 1. The maximum Gasteiger partial charge on any atom is 0.335 e. The molecule has 2 heterocycles. The molecule has 9 heteroatoms. The quantitative estimate of drug-likeness (QED) is 0.865. The number of rotatable bonds is 5. The van der Waals surface area contributed by atoms with Crippen molar-refractivity contribution in [3.8, 4) is 0 Å². The molecule has 0 bridgehead atoms. The van der Waals surface area contributed by atoms with Crippen molar-refractivity contribution in [1.29, 1.82) is 0 Å². The van der Waals surface area contributed by atoms with E-state index in [9.17, 15) is 13.2 Å². The molecule has 0 fully saturated rings. The van der Waals surface area contributed by atoms with E-state index in [0.29, 0.717) is 15.6 Å². The van der Waals surface area contributed by atoms with E-state index in [0.717, 1.165) is 11.3 Å². The molecular weight excluding hydrogens is 336 g/mol. The second kappa shape index (κ2) is 6.10. The number of sulfonamides is 1. The first kappa shape index (κ1) is 15.9. The lowest BCUT2D eigenvalue weighted by molar-refractivity contribution is 0.0696. The average molecular weight is 347 g/mol. The number of aryl methyl sites for hydroxylation is 1. The molecule has 112 valence electrons. The molecule has 0 aliphatic rings. The Morgan fingerprint density at radius 1 is 1.48 bits per heavy atom. The highest BCUT2D eigenvalue weighted by atomic mass is 35.5. The van der Waals surface area contributed by atoms with Crippen LogP contribution in [0.3, 0.4) is 0 Å². The van der Waals surface area contributed by atoms with E-state index in [-0.39, 0.29) is 16.3 Å². The van der Waals surface area contributed by atoms with Crippen molar-refractivity contribution in [1.82, 2.24) is 9.71 Å². The Bertz CT molecular complexity index is 767. The molecule has 21 heavy (non-hydrogen) atoms. The minimum absolute atomic E-state index is 0.0502. The van der Waals surface area contributed by atoms with Crippen LogP contribution in [0.15, 0.2) is 28.6 Å². The average Bonchev–Trinajstić information content (AvgIpc) is 2.78. The van der Waals surface area contributed by atoms with Gasteiger partial charge in [-0.1, -0.05) is 11.6 Å². The summed E-state index contributed by atoms with van der Waals surface area (Å²) in [7, 11) is -3.70. The van der Waals surface area contributed by atoms with Gasteiger partial charge >= 0.3 is 5.97 Å². The summed E-state index contributed by atoms with van der Waals surface area (Å²) in [6.45, 7) is 1.62. The van der Waals surface area contributed by atoms with E-state index in [2.05, 4.69) is 9.71 Å². The highest BCUT2D eigenvalue weighted by molar-refractivity contribution is 7.91. The van der Waals surface area contributed by atoms with Gasteiger partial charge in [-0.2, -0.15) is 0 Å². The topological polar surface area (TPSA) is 96.4 Å². The minimum Gasteiger partial charge on any atom is -0.478 e. The summed E-state index contributed by atoms with van der Waals surface area (Å²) in [6.07, 6.45) is 1.32. The highest BCUT2D eigenvalue weighted by Gasteiger charge is 2.18. The lowest BCUT2D eigenvalue weighted by Gasteiger charge is -2.04. The van der Waals surface area contributed by atoms with Crippen LogP contribution >= 0.6 is 22.9 Å². The fraction of sp³-hybridized carbons (Fsp3) is 0.167. The van der Waals surface area contributed by atoms with E-state index < -0.39 is 16.0 Å². The number of halogens is 1. The molecule has 0 aliphatic carbocycles. The first-order valence-electron chi connectivity index (χ1n) is 5.73. The Kier molecular flexibility index (Phi) is 4.62. The van der Waals surface area contributed by atoms with E-state index in [1.807, 2.05) is 0 Å². The van der Waals surface area contributed by atoms with Gasteiger partial charge in [0.25, 0.3) is 0 Å². The number of hydrogen-bond donors (Lipinski definition) is 2. The minimum atomic E-state index is -3.70. The van der Waals surface area contributed by atoms with Crippen LogP contribution in [0.5, 0.6) is 0 Å². The van der Waals surface area contributed by atoms with E-state index in [1.54, 1.807) is 6.92 Å². The van der Waals surface area contributed by atoms with Crippen LogP contribution in [0.2, 0.25) is 4.34 Å². The van der Waals surface area contributed by atoms with Gasteiger partial charge in [-0.3, -0.25) is 4.98 Å². The van der Waals surface area contributed by atoms with Crippen molar-refractivity contribution in [2.75, 3.05) is 0 Å². The number of carboxylic acids is 1. The van der Waals surface area contributed by atoms with Crippen LogP contribution in [0, 0.1) is 6.92 Å². The first-order chi connectivity index (χ1) is 9.79. The van der Waals surface area contributed by atoms with Crippen molar-refractivity contribution >= 4 is 38.9 Å². The standard InChI is InChI=1S/C12H11ClN2O4S2/c1-7-4-10(20-11(7)13)21(18,19)15-6-9-5-8(12(16)17)2-3-14-9/h2-5,15H,6H2,1H3,(H,16,17). The first-order valence-corrected chi connectivity index (χ1v) is 8.41. The normalized spacial score (nSPS) is 11.5. The van der Waals surface area contributed by atoms with Crippen molar-refractivity contribution < 1.29 is 18.3 Å². The molecule has 2 rings (SSSR count). The van der Waals surface area contributed by atoms with Crippen molar-refractivity contribution in [3.63, 3.8) is 0 Å². The van der Waals surface area contributed by atoms with Gasteiger partial charge < -0.3 is 5.11 Å². The summed E-state index contributed by atoms with van der Waals surface area (Å²) in [6, 6.07) is 4.14. The summed E-state index contributed by atoms with van der Waals surface area (Å²) in [5, 5.41) is 8.87. The number of nitrogens with one attached hydrogen (secondary N) is 1. The van der Waals surface area contributed by atoms with Gasteiger partial charge in [0.2, 0.25) is 10.0 Å². The molecule has 2 N–H and O–H groups in total. The van der Waals surface area contributed by atoms with Gasteiger partial charge in [0, 0.05) is 6.20 Å². The van der Waals surface area contributed by atoms with Crippen molar-refractivity contribution in [2.24, 2.45) is 0 Å². The maximum atomic E-state index is 12.1. The monoisotopic (exact) mass is 346 g/mol. The van der Waals surface area contributed by atoms with Crippen LogP contribution in [0.1, 0.15) is 21.6 Å². The van der Waals surface area contributed by atoms with Gasteiger partial charge in [-0.05, 0) is 30.7 Å². The van der Waals surface area contributed by atoms with Crippen LogP contribution in [0.25, 0.3) is 0 Å². The van der Waals surface area contributed by atoms with Gasteiger partial charge in [0.1, 0.15) is 4.21 Å². The third-order valence-corrected chi connectivity index (χ3v) is 6.04. The summed E-state index contributed by atoms with van der Waals surface area (Å²) < 4.78 is 27.1. The third-order valence-electron chi connectivity index (χ3n) is 2.61. The second-order valence-electron chi connectivity index (χ2n) is 4.19. The molecule has 2 aromatic heterocycles. The van der Waals surface area contributed by atoms with Gasteiger partial charge in [-0.15, -0.1) is 11.3 Å². The fourth-order valence-electron chi connectivity index (χ4n) is 1.51. The molecule has 0 unspecified atom stereocenters.